The lowest BCUT2D eigenvalue weighted by Gasteiger charge is -2.22. The number of nitrogens with zero attached hydrogens (tertiary/aromatic N) is 2. The van der Waals surface area contributed by atoms with Gasteiger partial charge in [-0.05, 0) is 50.1 Å². The Bertz CT molecular complexity index is 1220. The SMILES string of the molecule is CC1=C(NC(=O)c2cc(-c3ccc4c(c3)OCO4)on2)[C@@H](C)NN1Cc1ccccc1C. The van der Waals surface area contributed by atoms with E-state index in [2.05, 4.69) is 40.0 Å². The molecule has 0 radical (unpaired) electrons. The molecule has 3 heterocycles. The summed E-state index contributed by atoms with van der Waals surface area (Å²) in [6.45, 7) is 7.01. The van der Waals surface area contributed by atoms with E-state index >= 15 is 0 Å². The number of aryl methyl sites for hydroxylation is 1. The predicted octanol–water partition coefficient (Wildman–Crippen LogP) is 3.75. The molecule has 8 nitrogen and oxygen atoms in total. The minimum absolute atomic E-state index is 0.0387. The number of carbonyl (C=O) groups excluding carboxylic acids is 1. The smallest absolute Gasteiger partial charge is 0.277 e. The van der Waals surface area contributed by atoms with Crippen LogP contribution in [0.25, 0.3) is 11.3 Å². The van der Waals surface area contributed by atoms with E-state index in [1.807, 2.05) is 44.2 Å². The van der Waals surface area contributed by atoms with Crippen LogP contribution in [0.2, 0.25) is 0 Å². The van der Waals surface area contributed by atoms with E-state index in [1.165, 1.54) is 11.1 Å². The topological polar surface area (TPSA) is 88.9 Å². The molecule has 3 aromatic rings. The maximum absolute atomic E-state index is 12.9. The number of aromatic nitrogens is 1. The van der Waals surface area contributed by atoms with Gasteiger partial charge in [0.05, 0.1) is 18.3 Å². The first kappa shape index (κ1) is 20.1. The molecule has 8 heteroatoms. The van der Waals surface area contributed by atoms with Gasteiger partial charge in [0, 0.05) is 17.3 Å². The highest BCUT2D eigenvalue weighted by molar-refractivity contribution is 5.94. The Morgan fingerprint density at radius 3 is 2.81 bits per heavy atom. The molecule has 2 N–H and O–H groups in total. The molecule has 0 fully saturated rings. The normalized spacial score (nSPS) is 17.2. The van der Waals surface area contributed by atoms with Gasteiger partial charge in [-0.1, -0.05) is 29.4 Å². The van der Waals surface area contributed by atoms with E-state index in [0.717, 1.165) is 17.0 Å². The molecule has 2 aliphatic heterocycles. The predicted molar refractivity (Wildman–Crippen MR) is 118 cm³/mol. The van der Waals surface area contributed by atoms with Crippen molar-refractivity contribution in [2.75, 3.05) is 6.79 Å². The summed E-state index contributed by atoms with van der Waals surface area (Å²) in [5.74, 6) is 1.50. The van der Waals surface area contributed by atoms with Crippen molar-refractivity contribution in [3.8, 4) is 22.8 Å². The second-order valence-electron chi connectivity index (χ2n) is 7.96. The molecule has 0 aliphatic carbocycles. The number of hydrogen-bond acceptors (Lipinski definition) is 7. The summed E-state index contributed by atoms with van der Waals surface area (Å²) in [6.07, 6.45) is 0. The van der Waals surface area contributed by atoms with Gasteiger partial charge in [-0.15, -0.1) is 0 Å². The first-order chi connectivity index (χ1) is 15.5. The lowest BCUT2D eigenvalue weighted by molar-refractivity contribution is 0.0954. The van der Waals surface area contributed by atoms with Crippen LogP contribution in [0.1, 0.15) is 35.5 Å². The average Bonchev–Trinajstić information content (AvgIpc) is 3.51. The number of ether oxygens (including phenoxy) is 2. The summed E-state index contributed by atoms with van der Waals surface area (Å²) in [5, 5.41) is 9.02. The van der Waals surface area contributed by atoms with Crippen LogP contribution in [-0.4, -0.2) is 28.9 Å². The molecule has 2 aliphatic rings. The standard InChI is InChI=1S/C24H24N4O4/c1-14-6-4-5-7-18(14)12-28-16(3)23(15(2)26-28)25-24(29)19-11-21(32-27-19)17-8-9-20-22(10-17)31-13-30-20/h4-11,15,26H,12-13H2,1-3H3,(H,25,29)/t15-/m1/s1. The Morgan fingerprint density at radius 2 is 1.97 bits per heavy atom. The number of amides is 1. The second-order valence-corrected chi connectivity index (χ2v) is 7.96. The van der Waals surface area contributed by atoms with Crippen LogP contribution < -0.4 is 20.2 Å². The van der Waals surface area contributed by atoms with E-state index in [0.29, 0.717) is 23.8 Å². The van der Waals surface area contributed by atoms with Crippen LogP contribution in [-0.2, 0) is 6.54 Å². The van der Waals surface area contributed by atoms with E-state index in [1.54, 1.807) is 6.07 Å². The van der Waals surface area contributed by atoms with Crippen LogP contribution in [0.4, 0.5) is 0 Å². The van der Waals surface area contributed by atoms with Crippen molar-refractivity contribution in [2.24, 2.45) is 0 Å². The number of benzene rings is 2. The molecule has 2 aromatic carbocycles. The first-order valence-corrected chi connectivity index (χ1v) is 10.5. The Morgan fingerprint density at radius 1 is 1.16 bits per heavy atom. The van der Waals surface area contributed by atoms with Crippen molar-refractivity contribution in [2.45, 2.75) is 33.4 Å². The van der Waals surface area contributed by atoms with Gasteiger partial charge in [0.1, 0.15) is 0 Å². The van der Waals surface area contributed by atoms with Crippen LogP contribution in [0.15, 0.2) is 64.4 Å². The van der Waals surface area contributed by atoms with Crippen molar-refractivity contribution in [3.05, 3.63) is 76.7 Å². The maximum atomic E-state index is 12.9. The molecule has 0 bridgehead atoms. The van der Waals surface area contributed by atoms with Gasteiger partial charge in [-0.25, -0.2) is 5.43 Å². The molecule has 32 heavy (non-hydrogen) atoms. The average molecular weight is 432 g/mol. The minimum atomic E-state index is -0.318. The fourth-order valence-electron chi connectivity index (χ4n) is 3.93. The van der Waals surface area contributed by atoms with E-state index in [9.17, 15) is 4.79 Å². The fraction of sp³-hybridized carbons (Fsp3) is 0.250. The third-order valence-electron chi connectivity index (χ3n) is 5.81. The van der Waals surface area contributed by atoms with Crippen molar-refractivity contribution in [1.82, 2.24) is 20.9 Å². The molecular weight excluding hydrogens is 408 g/mol. The summed E-state index contributed by atoms with van der Waals surface area (Å²) < 4.78 is 16.2. The number of hydrazine groups is 1. The van der Waals surface area contributed by atoms with Gasteiger partial charge < -0.3 is 24.3 Å². The maximum Gasteiger partial charge on any atom is 0.277 e. The second kappa shape index (κ2) is 8.05. The van der Waals surface area contributed by atoms with E-state index < -0.39 is 0 Å². The van der Waals surface area contributed by atoms with Crippen molar-refractivity contribution < 1.29 is 18.8 Å². The third kappa shape index (κ3) is 3.69. The molecule has 0 saturated carbocycles. The Labute approximate surface area is 185 Å². The van der Waals surface area contributed by atoms with Crippen molar-refractivity contribution in [3.63, 3.8) is 0 Å². The van der Waals surface area contributed by atoms with E-state index in [4.69, 9.17) is 14.0 Å². The fourth-order valence-corrected chi connectivity index (χ4v) is 3.93. The lowest BCUT2D eigenvalue weighted by Crippen LogP contribution is -2.37. The largest absolute Gasteiger partial charge is 0.454 e. The summed E-state index contributed by atoms with van der Waals surface area (Å²) >= 11 is 0. The molecular formula is C24H24N4O4. The molecule has 164 valence electrons. The lowest BCUT2D eigenvalue weighted by atomic mass is 10.1. The number of carbonyl (C=O) groups is 1. The molecule has 5 rings (SSSR count). The molecule has 1 atom stereocenters. The zero-order valence-electron chi connectivity index (χ0n) is 18.1. The van der Waals surface area contributed by atoms with Gasteiger partial charge in [0.2, 0.25) is 6.79 Å². The number of nitrogens with one attached hydrogen (secondary N) is 2. The molecule has 1 aromatic heterocycles. The first-order valence-electron chi connectivity index (χ1n) is 10.5. The van der Waals surface area contributed by atoms with E-state index in [-0.39, 0.29) is 24.4 Å². The number of rotatable bonds is 5. The zero-order valence-corrected chi connectivity index (χ0v) is 18.1. The summed E-state index contributed by atoms with van der Waals surface area (Å²) in [6, 6.07) is 15.3. The Hall–Kier alpha value is -3.78. The Balaban J connectivity index is 1.31. The van der Waals surface area contributed by atoms with Gasteiger partial charge in [-0.3, -0.25) is 4.79 Å². The van der Waals surface area contributed by atoms with Crippen LogP contribution in [0.3, 0.4) is 0 Å². The number of hydrogen-bond donors (Lipinski definition) is 2. The summed E-state index contributed by atoms with van der Waals surface area (Å²) in [4.78, 5) is 12.9. The Kier molecular flexibility index (Phi) is 5.07. The van der Waals surface area contributed by atoms with Gasteiger partial charge in [-0.2, -0.15) is 0 Å². The van der Waals surface area contributed by atoms with Crippen LogP contribution >= 0.6 is 0 Å². The molecule has 1 amide bonds. The van der Waals surface area contributed by atoms with Gasteiger partial charge in [0.25, 0.3) is 5.91 Å². The molecule has 0 spiro atoms. The zero-order chi connectivity index (χ0) is 22.2. The third-order valence-corrected chi connectivity index (χ3v) is 5.81. The molecule has 0 unspecified atom stereocenters. The van der Waals surface area contributed by atoms with Gasteiger partial charge in [0.15, 0.2) is 23.0 Å². The monoisotopic (exact) mass is 432 g/mol. The van der Waals surface area contributed by atoms with Crippen LogP contribution in [0.5, 0.6) is 11.5 Å². The number of allylic oxidation sites excluding steroid dienone is 1. The highest BCUT2D eigenvalue weighted by atomic mass is 16.7. The minimum Gasteiger partial charge on any atom is -0.454 e. The van der Waals surface area contributed by atoms with Crippen LogP contribution in [0, 0.1) is 6.92 Å². The van der Waals surface area contributed by atoms with Crippen molar-refractivity contribution >= 4 is 5.91 Å². The molecule has 0 saturated heterocycles. The quantitative estimate of drug-likeness (QED) is 0.635. The van der Waals surface area contributed by atoms with Gasteiger partial charge >= 0.3 is 0 Å². The summed E-state index contributed by atoms with van der Waals surface area (Å²) in [7, 11) is 0. The van der Waals surface area contributed by atoms with Crippen molar-refractivity contribution in [1.29, 1.82) is 0 Å². The highest BCUT2D eigenvalue weighted by Gasteiger charge is 2.28. The number of fused-ring (bicyclic) bond motifs is 1. The summed E-state index contributed by atoms with van der Waals surface area (Å²) in [5.41, 5.74) is 8.62. The highest BCUT2D eigenvalue weighted by Crippen LogP contribution is 2.36.